The van der Waals surface area contributed by atoms with Gasteiger partial charge in [-0.2, -0.15) is 5.26 Å². The zero-order valence-electron chi connectivity index (χ0n) is 11.5. The van der Waals surface area contributed by atoms with E-state index in [0.29, 0.717) is 31.7 Å². The van der Waals surface area contributed by atoms with Crippen molar-refractivity contribution in [3.8, 4) is 6.07 Å². The van der Waals surface area contributed by atoms with Crippen molar-refractivity contribution in [2.45, 2.75) is 39.3 Å². The first kappa shape index (κ1) is 15.3. The Bertz CT molecular complexity index is 420. The van der Waals surface area contributed by atoms with E-state index in [9.17, 15) is 4.79 Å². The van der Waals surface area contributed by atoms with Crippen LogP contribution in [0.3, 0.4) is 0 Å². The molecule has 1 atom stereocenters. The maximum Gasteiger partial charge on any atom is 0.224 e. The molecule has 1 aromatic heterocycles. The second-order valence-corrected chi connectivity index (χ2v) is 4.91. The van der Waals surface area contributed by atoms with E-state index in [1.165, 1.54) is 0 Å². The van der Waals surface area contributed by atoms with Gasteiger partial charge in [0.05, 0.1) is 25.3 Å². The highest BCUT2D eigenvalue weighted by atomic mass is 16.3. The normalized spacial score (nSPS) is 12.2. The van der Waals surface area contributed by atoms with E-state index in [0.717, 1.165) is 0 Å². The fourth-order valence-electron chi connectivity index (χ4n) is 1.63. The van der Waals surface area contributed by atoms with Crippen LogP contribution in [0.5, 0.6) is 0 Å². The third-order valence-corrected chi connectivity index (χ3v) is 3.04. The van der Waals surface area contributed by atoms with Crippen molar-refractivity contribution in [1.29, 1.82) is 5.26 Å². The fourth-order valence-corrected chi connectivity index (χ4v) is 1.63. The van der Waals surface area contributed by atoms with Crippen molar-refractivity contribution in [2.75, 3.05) is 6.54 Å². The second kappa shape index (κ2) is 7.59. The van der Waals surface area contributed by atoms with Crippen molar-refractivity contribution < 1.29 is 9.21 Å². The summed E-state index contributed by atoms with van der Waals surface area (Å²) in [5.41, 5.74) is 5.92. The molecule has 0 aliphatic rings. The number of hydrogen-bond acceptors (Lipinski definition) is 4. The van der Waals surface area contributed by atoms with Crippen LogP contribution in [0, 0.1) is 17.2 Å². The van der Waals surface area contributed by atoms with E-state index >= 15 is 0 Å². The smallest absolute Gasteiger partial charge is 0.224 e. The molecule has 5 heteroatoms. The molecule has 19 heavy (non-hydrogen) atoms. The van der Waals surface area contributed by atoms with Gasteiger partial charge in [-0.25, -0.2) is 0 Å². The molecule has 0 saturated heterocycles. The van der Waals surface area contributed by atoms with Crippen molar-refractivity contribution >= 4 is 5.91 Å². The summed E-state index contributed by atoms with van der Waals surface area (Å²) in [6, 6.07) is 5.49. The Morgan fingerprint density at radius 3 is 2.84 bits per heavy atom. The number of hydrogen-bond donors (Lipinski definition) is 1. The zero-order chi connectivity index (χ0) is 14.3. The molecule has 1 amide bonds. The lowest BCUT2D eigenvalue weighted by Crippen LogP contribution is -2.38. The van der Waals surface area contributed by atoms with E-state index < -0.39 is 0 Å². The van der Waals surface area contributed by atoms with Gasteiger partial charge in [-0.1, -0.05) is 13.8 Å². The Hall–Kier alpha value is -1.80. The lowest BCUT2D eigenvalue weighted by Gasteiger charge is -2.23. The molecule has 0 spiro atoms. The third kappa shape index (κ3) is 5.14. The molecule has 0 aliphatic heterocycles. The molecule has 0 radical (unpaired) electrons. The Labute approximate surface area is 114 Å². The number of amides is 1. The van der Waals surface area contributed by atoms with Gasteiger partial charge in [0.2, 0.25) is 5.91 Å². The minimum absolute atomic E-state index is 0.0344. The van der Waals surface area contributed by atoms with Crippen LogP contribution in [0.25, 0.3) is 0 Å². The highest BCUT2D eigenvalue weighted by Gasteiger charge is 2.19. The average Bonchev–Trinajstić information content (AvgIpc) is 2.86. The SMILES string of the molecule is CC(C)C(N)CC(=O)N(CCC#N)Cc1ccco1. The Kier molecular flexibility index (Phi) is 6.10. The molecule has 1 rings (SSSR count). The largest absolute Gasteiger partial charge is 0.467 e. The number of nitrogens with two attached hydrogens (primary N) is 1. The van der Waals surface area contributed by atoms with E-state index in [2.05, 4.69) is 6.07 Å². The number of carbonyl (C=O) groups excluding carboxylic acids is 1. The molecule has 0 saturated carbocycles. The molecule has 0 aliphatic carbocycles. The van der Waals surface area contributed by atoms with E-state index in [4.69, 9.17) is 15.4 Å². The van der Waals surface area contributed by atoms with Crippen LogP contribution in [0.4, 0.5) is 0 Å². The topological polar surface area (TPSA) is 83.3 Å². The number of nitriles is 1. The summed E-state index contributed by atoms with van der Waals surface area (Å²) >= 11 is 0. The molecule has 2 N–H and O–H groups in total. The van der Waals surface area contributed by atoms with Crippen LogP contribution in [0.2, 0.25) is 0 Å². The summed E-state index contributed by atoms with van der Waals surface area (Å²) in [7, 11) is 0. The van der Waals surface area contributed by atoms with E-state index in [-0.39, 0.29) is 17.9 Å². The zero-order valence-corrected chi connectivity index (χ0v) is 11.5. The van der Waals surface area contributed by atoms with Crippen LogP contribution in [-0.2, 0) is 11.3 Å². The van der Waals surface area contributed by atoms with Crippen LogP contribution in [-0.4, -0.2) is 23.4 Å². The Morgan fingerprint density at radius 2 is 2.32 bits per heavy atom. The molecular formula is C14H21N3O2. The predicted octanol–water partition coefficient (Wildman–Crippen LogP) is 1.90. The van der Waals surface area contributed by atoms with Crippen LogP contribution >= 0.6 is 0 Å². The van der Waals surface area contributed by atoms with Crippen molar-refractivity contribution in [3.05, 3.63) is 24.2 Å². The number of furan rings is 1. The molecule has 0 bridgehead atoms. The summed E-state index contributed by atoms with van der Waals surface area (Å²) in [5, 5.41) is 8.66. The minimum Gasteiger partial charge on any atom is -0.467 e. The van der Waals surface area contributed by atoms with Gasteiger partial charge in [0.1, 0.15) is 5.76 Å². The average molecular weight is 263 g/mol. The highest BCUT2D eigenvalue weighted by Crippen LogP contribution is 2.11. The summed E-state index contributed by atoms with van der Waals surface area (Å²) in [6.07, 6.45) is 2.18. The summed E-state index contributed by atoms with van der Waals surface area (Å²) in [6.45, 7) is 4.77. The standard InChI is InChI=1S/C14H21N3O2/c1-11(2)13(16)9-14(18)17(7-4-6-15)10-12-5-3-8-19-12/h3,5,8,11,13H,4,7,9-10,16H2,1-2H3. The Morgan fingerprint density at radius 1 is 1.58 bits per heavy atom. The van der Waals surface area contributed by atoms with Gasteiger partial charge in [-0.05, 0) is 18.1 Å². The molecule has 1 unspecified atom stereocenters. The van der Waals surface area contributed by atoms with Crippen LogP contribution < -0.4 is 5.73 Å². The van der Waals surface area contributed by atoms with Gasteiger partial charge in [-0.3, -0.25) is 4.79 Å². The van der Waals surface area contributed by atoms with Crippen LogP contribution in [0.1, 0.15) is 32.4 Å². The molecule has 1 heterocycles. The van der Waals surface area contributed by atoms with Gasteiger partial charge in [0.25, 0.3) is 0 Å². The highest BCUT2D eigenvalue weighted by molar-refractivity contribution is 5.76. The van der Waals surface area contributed by atoms with Crippen molar-refractivity contribution in [3.63, 3.8) is 0 Å². The first-order valence-electron chi connectivity index (χ1n) is 6.47. The molecular weight excluding hydrogens is 242 g/mol. The molecule has 104 valence electrons. The number of carbonyl (C=O) groups is 1. The fraction of sp³-hybridized carbons (Fsp3) is 0.571. The quantitative estimate of drug-likeness (QED) is 0.814. The number of nitrogens with zero attached hydrogens (tertiary/aromatic N) is 2. The molecule has 1 aromatic rings. The maximum atomic E-state index is 12.2. The summed E-state index contributed by atoms with van der Waals surface area (Å²) < 4.78 is 5.24. The van der Waals surface area contributed by atoms with E-state index in [1.807, 2.05) is 19.9 Å². The lowest BCUT2D eigenvalue weighted by atomic mass is 10.0. The lowest BCUT2D eigenvalue weighted by molar-refractivity contribution is -0.132. The first-order chi connectivity index (χ1) is 9.04. The maximum absolute atomic E-state index is 12.2. The number of rotatable bonds is 7. The minimum atomic E-state index is -0.159. The summed E-state index contributed by atoms with van der Waals surface area (Å²) in [4.78, 5) is 13.8. The van der Waals surface area contributed by atoms with Gasteiger partial charge in [0, 0.05) is 19.0 Å². The predicted molar refractivity (Wildman–Crippen MR) is 71.8 cm³/mol. The van der Waals surface area contributed by atoms with E-state index in [1.54, 1.807) is 17.2 Å². The van der Waals surface area contributed by atoms with Gasteiger partial charge < -0.3 is 15.1 Å². The van der Waals surface area contributed by atoms with Gasteiger partial charge >= 0.3 is 0 Å². The van der Waals surface area contributed by atoms with Crippen molar-refractivity contribution in [1.82, 2.24) is 4.90 Å². The Balaban J connectivity index is 2.62. The monoisotopic (exact) mass is 263 g/mol. The van der Waals surface area contributed by atoms with Gasteiger partial charge in [0.15, 0.2) is 0 Å². The second-order valence-electron chi connectivity index (χ2n) is 4.91. The molecule has 5 nitrogen and oxygen atoms in total. The first-order valence-corrected chi connectivity index (χ1v) is 6.47. The summed E-state index contributed by atoms with van der Waals surface area (Å²) in [5.74, 6) is 0.933. The van der Waals surface area contributed by atoms with Crippen LogP contribution in [0.15, 0.2) is 22.8 Å². The molecule has 0 fully saturated rings. The van der Waals surface area contributed by atoms with Crippen molar-refractivity contribution in [2.24, 2.45) is 11.7 Å². The third-order valence-electron chi connectivity index (χ3n) is 3.04. The molecule has 0 aromatic carbocycles. The van der Waals surface area contributed by atoms with Gasteiger partial charge in [-0.15, -0.1) is 0 Å².